The normalized spacial score (nSPS) is 13.4. The van der Waals surface area contributed by atoms with Crippen molar-refractivity contribution in [2.45, 2.75) is 112 Å². The minimum Gasteiger partial charge on any atom is -0.480 e. The lowest BCUT2D eigenvalue weighted by atomic mass is 9.90. The van der Waals surface area contributed by atoms with Crippen LogP contribution in [0.3, 0.4) is 0 Å². The topological polar surface area (TPSA) is 93.1 Å². The van der Waals surface area contributed by atoms with E-state index in [1.165, 1.54) is 0 Å². The van der Waals surface area contributed by atoms with Crippen molar-refractivity contribution in [3.8, 4) is 0 Å². The molecular formula is C24H45NO6. The van der Waals surface area contributed by atoms with E-state index in [2.05, 4.69) is 20.8 Å². The van der Waals surface area contributed by atoms with E-state index in [4.69, 9.17) is 14.6 Å². The van der Waals surface area contributed by atoms with Gasteiger partial charge in [-0.25, -0.2) is 0 Å². The van der Waals surface area contributed by atoms with E-state index in [1.807, 2.05) is 34.6 Å². The zero-order valence-electron chi connectivity index (χ0n) is 21.4. The summed E-state index contributed by atoms with van der Waals surface area (Å²) in [6.07, 6.45) is 1.80. The molecule has 0 heterocycles. The molecule has 0 unspecified atom stereocenters. The lowest BCUT2D eigenvalue weighted by Crippen LogP contribution is -2.47. The van der Waals surface area contributed by atoms with Crippen LogP contribution >= 0.6 is 0 Å². The molecular weight excluding hydrogens is 398 g/mol. The molecule has 0 fully saturated rings. The summed E-state index contributed by atoms with van der Waals surface area (Å²) in [5.41, 5.74) is -1.97. The molecule has 31 heavy (non-hydrogen) atoms. The minimum absolute atomic E-state index is 0.0731. The molecule has 0 aliphatic carbocycles. The van der Waals surface area contributed by atoms with Gasteiger partial charge < -0.3 is 14.6 Å². The van der Waals surface area contributed by atoms with Crippen molar-refractivity contribution in [1.29, 1.82) is 0 Å². The Balaban J connectivity index is 4.62. The maximum absolute atomic E-state index is 12.7. The molecule has 0 saturated carbocycles. The van der Waals surface area contributed by atoms with Crippen LogP contribution in [0.2, 0.25) is 0 Å². The molecule has 0 saturated heterocycles. The van der Waals surface area contributed by atoms with Crippen LogP contribution in [0.15, 0.2) is 0 Å². The number of esters is 1. The lowest BCUT2D eigenvalue weighted by Gasteiger charge is -2.35. The monoisotopic (exact) mass is 443 g/mol. The number of ether oxygens (including phenoxy) is 2. The molecule has 0 atom stereocenters. The van der Waals surface area contributed by atoms with Crippen LogP contribution in [-0.4, -0.2) is 64.2 Å². The molecule has 7 nitrogen and oxygen atoms in total. The number of carboxylic acids is 1. The van der Waals surface area contributed by atoms with E-state index in [-0.39, 0.29) is 42.3 Å². The second-order valence-electron chi connectivity index (χ2n) is 11.6. The molecule has 0 aromatic heterocycles. The Hall–Kier alpha value is -1.47. The molecule has 0 bridgehead atoms. The zero-order chi connectivity index (χ0) is 24.7. The average Bonchev–Trinajstić information content (AvgIpc) is 2.53. The number of carbonyl (C=O) groups is 3. The third kappa shape index (κ3) is 13.5. The first kappa shape index (κ1) is 29.5. The first-order valence-corrected chi connectivity index (χ1v) is 11.1. The van der Waals surface area contributed by atoms with E-state index >= 15 is 0 Å². The van der Waals surface area contributed by atoms with Crippen LogP contribution in [0.25, 0.3) is 0 Å². The van der Waals surface area contributed by atoms with Gasteiger partial charge in [0.25, 0.3) is 0 Å². The third-order valence-corrected chi connectivity index (χ3v) is 5.19. The number of ketones is 1. The Bertz CT molecular complexity index is 611. The highest BCUT2D eigenvalue weighted by Gasteiger charge is 2.32. The van der Waals surface area contributed by atoms with Crippen LogP contribution in [0.4, 0.5) is 0 Å². The van der Waals surface area contributed by atoms with Gasteiger partial charge in [-0.3, -0.25) is 19.3 Å². The number of Topliss-reactive ketones (excluding diaryl/α,β-unsaturated/α-hetero) is 1. The Morgan fingerprint density at radius 1 is 0.839 bits per heavy atom. The van der Waals surface area contributed by atoms with Gasteiger partial charge in [0, 0.05) is 31.3 Å². The number of aliphatic carboxylic acids is 1. The molecule has 0 aliphatic rings. The predicted molar refractivity (Wildman–Crippen MR) is 122 cm³/mol. The van der Waals surface area contributed by atoms with Gasteiger partial charge in [0.2, 0.25) is 0 Å². The molecule has 0 aliphatic heterocycles. The molecule has 0 aromatic rings. The summed E-state index contributed by atoms with van der Waals surface area (Å²) in [4.78, 5) is 37.7. The number of hydrogen-bond donors (Lipinski definition) is 1. The summed E-state index contributed by atoms with van der Waals surface area (Å²) in [6.45, 7) is 19.6. The van der Waals surface area contributed by atoms with Gasteiger partial charge in [0.1, 0.15) is 11.2 Å². The van der Waals surface area contributed by atoms with Crippen molar-refractivity contribution >= 4 is 17.7 Å². The SMILES string of the molecule is CC(C)(C)CCC(=O)OC(C)(C)CCOC(C)(C)C(=O)CCN(CC(=O)O)C(C)(C)C. The Labute approximate surface area is 188 Å². The fourth-order valence-corrected chi connectivity index (χ4v) is 2.87. The second-order valence-corrected chi connectivity index (χ2v) is 11.6. The number of rotatable bonds is 13. The van der Waals surface area contributed by atoms with Gasteiger partial charge in [0.15, 0.2) is 5.78 Å². The zero-order valence-corrected chi connectivity index (χ0v) is 21.4. The molecule has 0 radical (unpaired) electrons. The van der Waals surface area contributed by atoms with E-state index in [0.717, 1.165) is 6.42 Å². The van der Waals surface area contributed by atoms with Crippen molar-refractivity contribution in [2.24, 2.45) is 5.41 Å². The highest BCUT2D eigenvalue weighted by Crippen LogP contribution is 2.24. The number of carboxylic acid groups (broad SMARTS) is 1. The standard InChI is InChI=1S/C24H45NO6/c1-21(2,3)13-11-20(29)31-23(7,8)14-16-30-24(9,10)18(26)12-15-25(17-19(27)28)22(4,5)6/h11-17H2,1-10H3,(H,27,28). The van der Waals surface area contributed by atoms with Crippen LogP contribution in [0.5, 0.6) is 0 Å². The molecule has 0 aromatic carbocycles. The van der Waals surface area contributed by atoms with E-state index < -0.39 is 17.2 Å². The summed E-state index contributed by atoms with van der Waals surface area (Å²) >= 11 is 0. The van der Waals surface area contributed by atoms with Crippen LogP contribution < -0.4 is 0 Å². The van der Waals surface area contributed by atoms with Crippen molar-refractivity contribution in [3.63, 3.8) is 0 Å². The largest absolute Gasteiger partial charge is 0.480 e. The highest BCUT2D eigenvalue weighted by molar-refractivity contribution is 5.86. The fourth-order valence-electron chi connectivity index (χ4n) is 2.87. The van der Waals surface area contributed by atoms with Gasteiger partial charge in [-0.2, -0.15) is 0 Å². The van der Waals surface area contributed by atoms with Crippen molar-refractivity contribution in [3.05, 3.63) is 0 Å². The van der Waals surface area contributed by atoms with Crippen molar-refractivity contribution in [1.82, 2.24) is 4.90 Å². The lowest BCUT2D eigenvalue weighted by molar-refractivity contribution is -0.161. The molecule has 7 heteroatoms. The quantitative estimate of drug-likeness (QED) is 0.420. The van der Waals surface area contributed by atoms with Gasteiger partial charge in [0.05, 0.1) is 13.2 Å². The second kappa shape index (κ2) is 11.4. The van der Waals surface area contributed by atoms with E-state index in [1.54, 1.807) is 18.7 Å². The average molecular weight is 444 g/mol. The van der Waals surface area contributed by atoms with Gasteiger partial charge >= 0.3 is 11.9 Å². The van der Waals surface area contributed by atoms with Crippen LogP contribution in [0, 0.1) is 5.41 Å². The van der Waals surface area contributed by atoms with E-state index in [9.17, 15) is 14.4 Å². The summed E-state index contributed by atoms with van der Waals surface area (Å²) in [7, 11) is 0. The van der Waals surface area contributed by atoms with E-state index in [0.29, 0.717) is 19.4 Å². The summed E-state index contributed by atoms with van der Waals surface area (Å²) in [5.74, 6) is -1.24. The van der Waals surface area contributed by atoms with Crippen LogP contribution in [-0.2, 0) is 23.9 Å². The molecule has 182 valence electrons. The Kier molecular flexibility index (Phi) is 10.9. The third-order valence-electron chi connectivity index (χ3n) is 5.19. The highest BCUT2D eigenvalue weighted by atomic mass is 16.6. The van der Waals surface area contributed by atoms with Crippen molar-refractivity contribution < 1.29 is 29.0 Å². The molecule has 0 rings (SSSR count). The first-order valence-electron chi connectivity index (χ1n) is 11.1. The summed E-state index contributed by atoms with van der Waals surface area (Å²) in [6, 6.07) is 0. The smallest absolute Gasteiger partial charge is 0.317 e. The number of nitrogens with zero attached hydrogens (tertiary/aromatic N) is 1. The predicted octanol–water partition coefficient (Wildman–Crippen LogP) is 4.46. The number of hydrogen-bond acceptors (Lipinski definition) is 6. The maximum atomic E-state index is 12.7. The van der Waals surface area contributed by atoms with Gasteiger partial charge in [-0.05, 0) is 60.3 Å². The Morgan fingerprint density at radius 3 is 1.84 bits per heavy atom. The first-order chi connectivity index (χ1) is 13.8. The maximum Gasteiger partial charge on any atom is 0.317 e. The Morgan fingerprint density at radius 2 is 1.39 bits per heavy atom. The molecule has 1 N–H and O–H groups in total. The van der Waals surface area contributed by atoms with Crippen LogP contribution in [0.1, 0.15) is 94.9 Å². The van der Waals surface area contributed by atoms with Gasteiger partial charge in [-0.1, -0.05) is 20.8 Å². The summed E-state index contributed by atoms with van der Waals surface area (Å²) in [5, 5.41) is 9.11. The molecule has 0 amide bonds. The summed E-state index contributed by atoms with van der Waals surface area (Å²) < 4.78 is 11.4. The van der Waals surface area contributed by atoms with Crippen molar-refractivity contribution in [2.75, 3.05) is 19.7 Å². The minimum atomic E-state index is -1.00. The fraction of sp³-hybridized carbons (Fsp3) is 0.875. The molecule has 0 spiro atoms. The number of carbonyl (C=O) groups excluding carboxylic acids is 2. The van der Waals surface area contributed by atoms with Gasteiger partial charge in [-0.15, -0.1) is 0 Å².